The molecule has 102 valence electrons. The number of nitro benzene ring substituents is 1. The highest BCUT2D eigenvalue weighted by atomic mass is 79.9. The lowest BCUT2D eigenvalue weighted by molar-refractivity contribution is -0.386. The molecule has 1 saturated heterocycles. The Hall–Kier alpha value is -1.54. The molecule has 1 aliphatic heterocycles. The molecule has 2 rings (SSSR count). The quantitative estimate of drug-likeness (QED) is 0.676. The van der Waals surface area contributed by atoms with Crippen LogP contribution in [0.4, 0.5) is 15.8 Å². The van der Waals surface area contributed by atoms with Gasteiger partial charge < -0.3 is 10.0 Å². The van der Waals surface area contributed by atoms with Crippen molar-refractivity contribution in [1.29, 1.82) is 0 Å². The summed E-state index contributed by atoms with van der Waals surface area (Å²) in [7, 11) is 0. The molecule has 1 aromatic rings. The lowest BCUT2D eigenvalue weighted by Crippen LogP contribution is -2.26. The van der Waals surface area contributed by atoms with Crippen LogP contribution in [-0.2, 0) is 4.79 Å². The van der Waals surface area contributed by atoms with Crippen molar-refractivity contribution in [2.24, 2.45) is 5.92 Å². The van der Waals surface area contributed by atoms with Crippen LogP contribution >= 0.6 is 15.9 Å². The minimum Gasteiger partial charge on any atom is -0.396 e. The van der Waals surface area contributed by atoms with E-state index in [1.165, 1.54) is 12.1 Å². The second-order valence-corrected chi connectivity index (χ2v) is 5.10. The van der Waals surface area contributed by atoms with Gasteiger partial charge in [0.15, 0.2) is 0 Å². The molecular weight excluding hydrogens is 323 g/mol. The van der Waals surface area contributed by atoms with E-state index in [0.717, 1.165) is 4.90 Å². The van der Waals surface area contributed by atoms with Crippen LogP contribution in [-0.4, -0.2) is 29.1 Å². The molecule has 0 bridgehead atoms. The van der Waals surface area contributed by atoms with Crippen molar-refractivity contribution in [1.82, 2.24) is 0 Å². The zero-order valence-corrected chi connectivity index (χ0v) is 11.3. The second kappa shape index (κ2) is 5.22. The number of carbonyl (C=O) groups is 1. The highest BCUT2D eigenvalue weighted by Gasteiger charge is 2.35. The molecule has 1 unspecified atom stereocenters. The van der Waals surface area contributed by atoms with Crippen molar-refractivity contribution in [2.75, 3.05) is 18.1 Å². The number of hydrogen-bond donors (Lipinski definition) is 1. The van der Waals surface area contributed by atoms with Crippen LogP contribution in [0.3, 0.4) is 0 Å². The number of anilines is 1. The van der Waals surface area contributed by atoms with Crippen LogP contribution in [0.1, 0.15) is 6.42 Å². The summed E-state index contributed by atoms with van der Waals surface area (Å²) in [6, 6.07) is 2.64. The number of nitro groups is 1. The van der Waals surface area contributed by atoms with Crippen LogP contribution in [0.25, 0.3) is 0 Å². The fraction of sp³-hybridized carbons (Fsp3) is 0.364. The van der Waals surface area contributed by atoms with Crippen LogP contribution in [0.2, 0.25) is 0 Å². The Kier molecular flexibility index (Phi) is 3.81. The minimum atomic E-state index is -1.01. The molecule has 0 radical (unpaired) electrons. The number of halogens is 2. The van der Waals surface area contributed by atoms with E-state index in [9.17, 15) is 19.3 Å². The average Bonchev–Trinajstić information content (AvgIpc) is 2.73. The normalized spacial score (nSPS) is 19.0. The van der Waals surface area contributed by atoms with Gasteiger partial charge in [-0.1, -0.05) is 0 Å². The van der Waals surface area contributed by atoms with Gasteiger partial charge >= 0.3 is 5.69 Å². The Bertz CT molecular complexity index is 552. The Balaban J connectivity index is 2.49. The van der Waals surface area contributed by atoms with E-state index in [-0.39, 0.29) is 41.6 Å². The minimum absolute atomic E-state index is 0.0340. The third-order valence-corrected chi connectivity index (χ3v) is 3.60. The van der Waals surface area contributed by atoms with Gasteiger partial charge in [0.25, 0.3) is 0 Å². The molecule has 1 heterocycles. The van der Waals surface area contributed by atoms with Crippen molar-refractivity contribution in [3.8, 4) is 0 Å². The summed E-state index contributed by atoms with van der Waals surface area (Å²) in [6.07, 6.45) is 0.103. The fourth-order valence-electron chi connectivity index (χ4n) is 2.06. The maximum atomic E-state index is 13.8. The van der Waals surface area contributed by atoms with Gasteiger partial charge in [-0.25, -0.2) is 0 Å². The average molecular weight is 333 g/mol. The predicted octanol–water partition coefficient (Wildman–Crippen LogP) is 1.84. The van der Waals surface area contributed by atoms with E-state index < -0.39 is 16.4 Å². The van der Waals surface area contributed by atoms with Gasteiger partial charge in [-0.15, -0.1) is 0 Å². The van der Waals surface area contributed by atoms with Gasteiger partial charge in [0, 0.05) is 25.5 Å². The Morgan fingerprint density at radius 3 is 2.79 bits per heavy atom. The second-order valence-electron chi connectivity index (χ2n) is 4.24. The summed E-state index contributed by atoms with van der Waals surface area (Å²) in [6.45, 7) is -0.0354. The first-order valence-electron chi connectivity index (χ1n) is 5.49. The van der Waals surface area contributed by atoms with E-state index in [1.807, 2.05) is 0 Å². The highest BCUT2D eigenvalue weighted by Crippen LogP contribution is 2.37. The van der Waals surface area contributed by atoms with Crippen molar-refractivity contribution < 1.29 is 19.2 Å². The lowest BCUT2D eigenvalue weighted by atomic mass is 10.1. The molecule has 1 aromatic carbocycles. The predicted molar refractivity (Wildman–Crippen MR) is 68.3 cm³/mol. The zero-order valence-electron chi connectivity index (χ0n) is 9.68. The number of carbonyl (C=O) groups excluding carboxylic acids is 1. The number of nitrogens with zero attached hydrogens (tertiary/aromatic N) is 2. The molecule has 1 aliphatic rings. The van der Waals surface area contributed by atoms with Crippen LogP contribution in [0.5, 0.6) is 0 Å². The summed E-state index contributed by atoms with van der Waals surface area (Å²) in [5.74, 6) is -1.65. The SMILES string of the molecule is O=C1CC(CO)CN1c1ccc(Br)c(F)c1[N+](=O)[O-]. The van der Waals surface area contributed by atoms with Gasteiger partial charge in [0.05, 0.1) is 9.40 Å². The molecule has 8 heteroatoms. The summed E-state index contributed by atoms with van der Waals surface area (Å²) in [5, 5.41) is 20.0. The first-order chi connectivity index (χ1) is 8.95. The lowest BCUT2D eigenvalue weighted by Gasteiger charge is -2.16. The number of rotatable bonds is 3. The number of hydrogen-bond acceptors (Lipinski definition) is 4. The van der Waals surface area contributed by atoms with Gasteiger partial charge in [0.1, 0.15) is 5.69 Å². The fourth-order valence-corrected chi connectivity index (χ4v) is 2.38. The third-order valence-electron chi connectivity index (χ3n) is 2.98. The Morgan fingerprint density at radius 1 is 1.58 bits per heavy atom. The molecule has 1 amide bonds. The van der Waals surface area contributed by atoms with Crippen molar-refractivity contribution in [3.63, 3.8) is 0 Å². The largest absolute Gasteiger partial charge is 0.396 e. The van der Waals surface area contributed by atoms with E-state index >= 15 is 0 Å². The van der Waals surface area contributed by atoms with Crippen LogP contribution < -0.4 is 4.90 Å². The monoisotopic (exact) mass is 332 g/mol. The van der Waals surface area contributed by atoms with Crippen LogP contribution in [0.15, 0.2) is 16.6 Å². The Labute approximate surface area is 116 Å². The zero-order chi connectivity index (χ0) is 14.2. The summed E-state index contributed by atoms with van der Waals surface area (Å²) >= 11 is 2.87. The first kappa shape index (κ1) is 13.9. The molecule has 0 saturated carbocycles. The molecule has 1 N–H and O–H groups in total. The first-order valence-corrected chi connectivity index (χ1v) is 6.28. The number of amides is 1. The molecule has 0 aromatic heterocycles. The molecule has 19 heavy (non-hydrogen) atoms. The maximum Gasteiger partial charge on any atom is 0.329 e. The summed E-state index contributed by atoms with van der Waals surface area (Å²) in [4.78, 5) is 23.0. The van der Waals surface area contributed by atoms with Crippen LogP contribution in [0, 0.1) is 21.8 Å². The van der Waals surface area contributed by atoms with Gasteiger partial charge in [0.2, 0.25) is 11.7 Å². The molecule has 6 nitrogen and oxygen atoms in total. The maximum absolute atomic E-state index is 13.8. The third kappa shape index (κ3) is 2.45. The van der Waals surface area contributed by atoms with E-state index in [1.54, 1.807) is 0 Å². The van der Waals surface area contributed by atoms with Gasteiger partial charge in [-0.05, 0) is 28.1 Å². The van der Waals surface area contributed by atoms with Gasteiger partial charge in [-0.3, -0.25) is 14.9 Å². The molecule has 0 spiro atoms. The van der Waals surface area contributed by atoms with E-state index in [2.05, 4.69) is 15.9 Å². The standard InChI is InChI=1S/C11H10BrFN2O4/c12-7-1-2-8(11(10(7)13)15(18)19)14-4-6(5-16)3-9(14)17/h1-2,6,16H,3-5H2. The summed E-state index contributed by atoms with van der Waals surface area (Å²) in [5.41, 5.74) is -0.812. The van der Waals surface area contributed by atoms with E-state index in [0.29, 0.717) is 0 Å². The highest BCUT2D eigenvalue weighted by molar-refractivity contribution is 9.10. The molecular formula is C11H10BrFN2O4. The number of aliphatic hydroxyl groups is 1. The van der Waals surface area contributed by atoms with Crippen molar-refractivity contribution in [3.05, 3.63) is 32.5 Å². The van der Waals surface area contributed by atoms with Gasteiger partial charge in [-0.2, -0.15) is 4.39 Å². The smallest absolute Gasteiger partial charge is 0.329 e. The molecule has 1 atom stereocenters. The number of aliphatic hydroxyl groups excluding tert-OH is 1. The summed E-state index contributed by atoms with van der Waals surface area (Å²) < 4.78 is 13.8. The molecule has 1 fully saturated rings. The van der Waals surface area contributed by atoms with E-state index in [4.69, 9.17) is 5.11 Å². The van der Waals surface area contributed by atoms with Crippen molar-refractivity contribution >= 4 is 33.2 Å². The topological polar surface area (TPSA) is 83.7 Å². The molecule has 0 aliphatic carbocycles. The number of benzene rings is 1. The Morgan fingerprint density at radius 2 is 2.26 bits per heavy atom. The van der Waals surface area contributed by atoms with Crippen molar-refractivity contribution in [2.45, 2.75) is 6.42 Å².